The predicted octanol–water partition coefficient (Wildman–Crippen LogP) is 2.82. The van der Waals surface area contributed by atoms with Crippen LogP contribution in [0.25, 0.3) is 0 Å². The van der Waals surface area contributed by atoms with Crippen molar-refractivity contribution in [2.24, 2.45) is 0 Å². The standard InChI is InChI=1S/C14H14N2O3S/c1-3-19-13(18)12-8-15-14(16-9(12)2)20-11-6-4-10(17)5-7-11/h4-8,17H,3H2,1-2H3. The minimum Gasteiger partial charge on any atom is -0.508 e. The van der Waals surface area contributed by atoms with Crippen LogP contribution in [0.5, 0.6) is 5.75 Å². The van der Waals surface area contributed by atoms with Gasteiger partial charge in [-0.1, -0.05) is 0 Å². The normalized spacial score (nSPS) is 10.3. The van der Waals surface area contributed by atoms with Crippen molar-refractivity contribution < 1.29 is 14.6 Å². The Kier molecular flexibility index (Phi) is 4.57. The molecule has 0 aliphatic heterocycles. The van der Waals surface area contributed by atoms with E-state index in [1.165, 1.54) is 18.0 Å². The van der Waals surface area contributed by atoms with Gasteiger partial charge in [0.25, 0.3) is 0 Å². The molecule has 1 aromatic carbocycles. The van der Waals surface area contributed by atoms with Crippen molar-refractivity contribution in [2.45, 2.75) is 23.9 Å². The number of carbonyl (C=O) groups excluding carboxylic acids is 1. The third-order valence-corrected chi connectivity index (χ3v) is 3.39. The van der Waals surface area contributed by atoms with Crippen molar-refractivity contribution in [2.75, 3.05) is 6.61 Å². The largest absolute Gasteiger partial charge is 0.508 e. The molecule has 0 spiro atoms. The maximum Gasteiger partial charge on any atom is 0.341 e. The molecule has 6 heteroatoms. The Balaban J connectivity index is 2.16. The zero-order valence-corrected chi connectivity index (χ0v) is 12.0. The summed E-state index contributed by atoms with van der Waals surface area (Å²) in [6, 6.07) is 6.75. The smallest absolute Gasteiger partial charge is 0.341 e. The number of benzene rings is 1. The summed E-state index contributed by atoms with van der Waals surface area (Å²) in [6.45, 7) is 3.82. The Bertz CT molecular complexity index is 614. The Morgan fingerprint density at radius 1 is 1.35 bits per heavy atom. The summed E-state index contributed by atoms with van der Waals surface area (Å²) < 4.78 is 4.93. The second-order valence-corrected chi connectivity index (χ2v) is 5.01. The lowest BCUT2D eigenvalue weighted by Gasteiger charge is -2.06. The number of hydrogen-bond acceptors (Lipinski definition) is 6. The topological polar surface area (TPSA) is 72.3 Å². The number of nitrogens with zero attached hydrogens (tertiary/aromatic N) is 2. The molecular formula is C14H14N2O3S. The number of aryl methyl sites for hydroxylation is 1. The van der Waals surface area contributed by atoms with Gasteiger partial charge in [0.05, 0.1) is 17.9 Å². The van der Waals surface area contributed by atoms with E-state index in [9.17, 15) is 9.90 Å². The van der Waals surface area contributed by atoms with Gasteiger partial charge in [0, 0.05) is 11.1 Å². The number of ether oxygens (including phenoxy) is 1. The first kappa shape index (κ1) is 14.3. The molecular weight excluding hydrogens is 276 g/mol. The van der Waals surface area contributed by atoms with Crippen molar-refractivity contribution in [3.63, 3.8) is 0 Å². The van der Waals surface area contributed by atoms with Crippen molar-refractivity contribution >= 4 is 17.7 Å². The third-order valence-electron chi connectivity index (χ3n) is 2.50. The summed E-state index contributed by atoms with van der Waals surface area (Å²) in [5, 5.41) is 9.77. The van der Waals surface area contributed by atoms with Crippen LogP contribution in [-0.4, -0.2) is 27.7 Å². The minimum atomic E-state index is -0.411. The number of rotatable bonds is 4. The highest BCUT2D eigenvalue weighted by Gasteiger charge is 2.13. The maximum absolute atomic E-state index is 11.6. The molecule has 0 saturated carbocycles. The molecule has 0 fully saturated rings. The van der Waals surface area contributed by atoms with Gasteiger partial charge < -0.3 is 9.84 Å². The first-order valence-corrected chi connectivity index (χ1v) is 6.89. The summed E-state index contributed by atoms with van der Waals surface area (Å²) in [6.07, 6.45) is 1.48. The number of hydrogen-bond donors (Lipinski definition) is 1. The Morgan fingerprint density at radius 2 is 2.05 bits per heavy atom. The van der Waals surface area contributed by atoms with Crippen LogP contribution >= 0.6 is 11.8 Å². The summed E-state index contributed by atoms with van der Waals surface area (Å²) >= 11 is 1.36. The molecule has 1 N–H and O–H groups in total. The monoisotopic (exact) mass is 290 g/mol. The molecule has 104 valence electrons. The molecule has 0 atom stereocenters. The first-order valence-electron chi connectivity index (χ1n) is 6.07. The molecule has 0 amide bonds. The number of aromatic nitrogens is 2. The van der Waals surface area contributed by atoms with E-state index in [0.29, 0.717) is 23.0 Å². The van der Waals surface area contributed by atoms with E-state index in [0.717, 1.165) is 4.90 Å². The zero-order valence-electron chi connectivity index (χ0n) is 11.2. The molecule has 1 heterocycles. The number of phenols is 1. The van der Waals surface area contributed by atoms with Crippen LogP contribution < -0.4 is 0 Å². The molecule has 0 bridgehead atoms. The lowest BCUT2D eigenvalue weighted by Crippen LogP contribution is -2.09. The van der Waals surface area contributed by atoms with Gasteiger partial charge in [-0.2, -0.15) is 0 Å². The van der Waals surface area contributed by atoms with E-state index >= 15 is 0 Å². The van der Waals surface area contributed by atoms with E-state index < -0.39 is 5.97 Å². The van der Waals surface area contributed by atoms with E-state index in [1.807, 2.05) is 0 Å². The van der Waals surface area contributed by atoms with Gasteiger partial charge >= 0.3 is 5.97 Å². The van der Waals surface area contributed by atoms with Crippen LogP contribution in [0.3, 0.4) is 0 Å². The Labute approximate surface area is 121 Å². The van der Waals surface area contributed by atoms with Crippen molar-refractivity contribution in [1.82, 2.24) is 9.97 Å². The number of phenolic OH excluding ortho intramolecular Hbond substituents is 1. The van der Waals surface area contributed by atoms with Gasteiger partial charge in [-0.05, 0) is 49.9 Å². The molecule has 2 aromatic rings. The van der Waals surface area contributed by atoms with Gasteiger partial charge in [-0.3, -0.25) is 0 Å². The highest BCUT2D eigenvalue weighted by molar-refractivity contribution is 7.99. The quantitative estimate of drug-likeness (QED) is 0.689. The predicted molar refractivity (Wildman–Crippen MR) is 75.0 cm³/mol. The highest BCUT2D eigenvalue weighted by Crippen LogP contribution is 2.26. The minimum absolute atomic E-state index is 0.212. The fourth-order valence-electron chi connectivity index (χ4n) is 1.52. The molecule has 0 radical (unpaired) electrons. The molecule has 0 aliphatic rings. The van der Waals surface area contributed by atoms with Crippen LogP contribution in [0.2, 0.25) is 0 Å². The summed E-state index contributed by atoms with van der Waals surface area (Å²) in [4.78, 5) is 21.0. The van der Waals surface area contributed by atoms with Gasteiger partial charge in [0.2, 0.25) is 0 Å². The SMILES string of the molecule is CCOC(=O)c1cnc(Sc2ccc(O)cc2)nc1C. The first-order chi connectivity index (χ1) is 9.60. The molecule has 5 nitrogen and oxygen atoms in total. The molecule has 0 saturated heterocycles. The van der Waals surface area contributed by atoms with Gasteiger partial charge in [0.1, 0.15) is 5.75 Å². The molecule has 0 aliphatic carbocycles. The van der Waals surface area contributed by atoms with E-state index in [-0.39, 0.29) is 5.75 Å². The average molecular weight is 290 g/mol. The van der Waals surface area contributed by atoms with Crippen molar-refractivity contribution in [1.29, 1.82) is 0 Å². The Morgan fingerprint density at radius 3 is 2.65 bits per heavy atom. The van der Waals surface area contributed by atoms with Crippen LogP contribution in [-0.2, 0) is 4.74 Å². The second-order valence-electron chi connectivity index (χ2n) is 3.97. The average Bonchev–Trinajstić information content (AvgIpc) is 2.42. The lowest BCUT2D eigenvalue weighted by molar-refractivity contribution is 0.0524. The highest BCUT2D eigenvalue weighted by atomic mass is 32.2. The number of esters is 1. The second kappa shape index (κ2) is 6.38. The van der Waals surface area contributed by atoms with E-state index in [4.69, 9.17) is 4.74 Å². The molecule has 20 heavy (non-hydrogen) atoms. The van der Waals surface area contributed by atoms with Gasteiger partial charge in [-0.25, -0.2) is 14.8 Å². The summed E-state index contributed by atoms with van der Waals surface area (Å²) in [5.74, 6) is -0.199. The molecule has 2 rings (SSSR count). The van der Waals surface area contributed by atoms with Crippen LogP contribution in [0.1, 0.15) is 23.0 Å². The van der Waals surface area contributed by atoms with Crippen molar-refractivity contribution in [3.8, 4) is 5.75 Å². The van der Waals surface area contributed by atoms with Crippen LogP contribution in [0.15, 0.2) is 40.5 Å². The van der Waals surface area contributed by atoms with E-state index in [1.54, 1.807) is 38.1 Å². The zero-order chi connectivity index (χ0) is 14.5. The fraction of sp³-hybridized carbons (Fsp3) is 0.214. The molecule has 0 unspecified atom stereocenters. The summed E-state index contributed by atoms with van der Waals surface area (Å²) in [5.41, 5.74) is 0.960. The number of aromatic hydroxyl groups is 1. The lowest BCUT2D eigenvalue weighted by atomic mass is 10.2. The van der Waals surface area contributed by atoms with Crippen molar-refractivity contribution in [3.05, 3.63) is 41.7 Å². The van der Waals surface area contributed by atoms with Gasteiger partial charge in [0.15, 0.2) is 5.16 Å². The maximum atomic E-state index is 11.6. The van der Waals surface area contributed by atoms with Crippen LogP contribution in [0.4, 0.5) is 0 Å². The summed E-state index contributed by atoms with van der Waals surface area (Å²) in [7, 11) is 0. The molecule has 1 aromatic heterocycles. The van der Waals surface area contributed by atoms with Crippen LogP contribution in [0, 0.1) is 6.92 Å². The fourth-order valence-corrected chi connectivity index (χ4v) is 2.29. The Hall–Kier alpha value is -2.08. The van der Waals surface area contributed by atoms with Gasteiger partial charge in [-0.15, -0.1) is 0 Å². The van der Waals surface area contributed by atoms with E-state index in [2.05, 4.69) is 9.97 Å². The third kappa shape index (κ3) is 3.48. The number of carbonyl (C=O) groups is 1.